The number of nitrogens with two attached hydrogens (primary N) is 1. The van der Waals surface area contributed by atoms with E-state index in [9.17, 15) is 4.79 Å². The molecule has 2 N–H and O–H groups in total. The summed E-state index contributed by atoms with van der Waals surface area (Å²) in [6.07, 6.45) is 3.25. The number of rotatable bonds is 3. The van der Waals surface area contributed by atoms with Crippen LogP contribution in [0.25, 0.3) is 0 Å². The molecule has 1 aromatic carbocycles. The largest absolute Gasteiger partial charge is 0.328 e. The van der Waals surface area contributed by atoms with Crippen LogP contribution >= 0.6 is 11.6 Å². The summed E-state index contributed by atoms with van der Waals surface area (Å²) in [6, 6.07) is 7.72. The predicted molar refractivity (Wildman–Crippen MR) is 65.5 cm³/mol. The lowest BCUT2D eigenvalue weighted by molar-refractivity contribution is -0.122. The maximum atomic E-state index is 12.0. The lowest BCUT2D eigenvalue weighted by Gasteiger charge is -2.08. The van der Waals surface area contributed by atoms with Crippen LogP contribution in [0.1, 0.15) is 24.8 Å². The van der Waals surface area contributed by atoms with Gasteiger partial charge in [0.25, 0.3) is 0 Å². The second kappa shape index (κ2) is 4.98. The summed E-state index contributed by atoms with van der Waals surface area (Å²) >= 11 is 5.88. The van der Waals surface area contributed by atoms with Gasteiger partial charge >= 0.3 is 0 Å². The number of benzene rings is 1. The fourth-order valence-corrected chi connectivity index (χ4v) is 2.51. The number of carbonyl (C=O) groups excluding carboxylic acids is 1. The Morgan fingerprint density at radius 3 is 2.88 bits per heavy atom. The summed E-state index contributed by atoms with van der Waals surface area (Å²) < 4.78 is 0. The number of hydrogen-bond donors (Lipinski definition) is 1. The second-order valence-electron chi connectivity index (χ2n) is 4.54. The van der Waals surface area contributed by atoms with Crippen LogP contribution in [0.5, 0.6) is 0 Å². The summed E-state index contributed by atoms with van der Waals surface area (Å²) in [4.78, 5) is 12.0. The SMILES string of the molecule is NC1CCC(C(=O)Cc2cccc(Cl)c2)C1. The Hall–Kier alpha value is -0.860. The Labute approximate surface area is 101 Å². The van der Waals surface area contributed by atoms with Crippen LogP contribution in [-0.2, 0) is 11.2 Å². The molecule has 0 bridgehead atoms. The second-order valence-corrected chi connectivity index (χ2v) is 4.98. The van der Waals surface area contributed by atoms with E-state index in [1.807, 2.05) is 24.3 Å². The molecule has 1 aliphatic carbocycles. The third kappa shape index (κ3) is 2.83. The number of carbonyl (C=O) groups is 1. The van der Waals surface area contributed by atoms with E-state index < -0.39 is 0 Å². The molecule has 0 saturated heterocycles. The van der Waals surface area contributed by atoms with Gasteiger partial charge in [-0.2, -0.15) is 0 Å². The van der Waals surface area contributed by atoms with Gasteiger partial charge in [-0.05, 0) is 37.0 Å². The van der Waals surface area contributed by atoms with Crippen molar-refractivity contribution in [2.75, 3.05) is 0 Å². The third-order valence-electron chi connectivity index (χ3n) is 3.20. The Kier molecular flexibility index (Phi) is 3.62. The molecule has 0 spiro atoms. The highest BCUT2D eigenvalue weighted by atomic mass is 35.5. The minimum atomic E-state index is 0.161. The first-order valence-corrected chi connectivity index (χ1v) is 6.05. The molecule has 2 nitrogen and oxygen atoms in total. The number of hydrogen-bond acceptors (Lipinski definition) is 2. The van der Waals surface area contributed by atoms with Crippen LogP contribution in [0, 0.1) is 5.92 Å². The quantitative estimate of drug-likeness (QED) is 0.878. The molecule has 1 fully saturated rings. The van der Waals surface area contributed by atoms with Crippen molar-refractivity contribution < 1.29 is 4.79 Å². The summed E-state index contributed by atoms with van der Waals surface area (Å²) in [5.74, 6) is 0.462. The molecule has 16 heavy (non-hydrogen) atoms. The predicted octanol–water partition coefficient (Wildman–Crippen LogP) is 2.58. The Bertz CT molecular complexity index is 391. The number of ketones is 1. The highest BCUT2D eigenvalue weighted by molar-refractivity contribution is 6.30. The number of halogens is 1. The van der Waals surface area contributed by atoms with Crippen LogP contribution in [0.15, 0.2) is 24.3 Å². The molecule has 0 radical (unpaired) electrons. The normalized spacial score (nSPS) is 24.6. The van der Waals surface area contributed by atoms with Gasteiger partial charge in [0.2, 0.25) is 0 Å². The van der Waals surface area contributed by atoms with Crippen molar-refractivity contribution in [1.29, 1.82) is 0 Å². The number of Topliss-reactive ketones (excluding diaryl/α,β-unsaturated/α-hetero) is 1. The van der Waals surface area contributed by atoms with E-state index in [0.717, 1.165) is 24.8 Å². The van der Waals surface area contributed by atoms with E-state index in [0.29, 0.717) is 17.2 Å². The van der Waals surface area contributed by atoms with E-state index >= 15 is 0 Å². The van der Waals surface area contributed by atoms with Gasteiger partial charge in [0.05, 0.1) is 0 Å². The first kappa shape index (κ1) is 11.6. The molecular weight excluding hydrogens is 222 g/mol. The molecule has 3 heteroatoms. The molecule has 0 amide bonds. The van der Waals surface area contributed by atoms with Gasteiger partial charge in [-0.15, -0.1) is 0 Å². The van der Waals surface area contributed by atoms with Gasteiger partial charge < -0.3 is 5.73 Å². The molecule has 2 rings (SSSR count). The van der Waals surface area contributed by atoms with Crippen LogP contribution < -0.4 is 5.73 Å². The molecule has 0 aliphatic heterocycles. The van der Waals surface area contributed by atoms with E-state index in [2.05, 4.69) is 0 Å². The standard InChI is InChI=1S/C13H16ClNO/c14-11-3-1-2-9(6-11)7-13(16)10-4-5-12(15)8-10/h1-3,6,10,12H,4-5,7-8,15H2. The van der Waals surface area contributed by atoms with Gasteiger partial charge in [0.1, 0.15) is 5.78 Å². The van der Waals surface area contributed by atoms with Gasteiger partial charge in [-0.3, -0.25) is 4.79 Å². The minimum Gasteiger partial charge on any atom is -0.328 e. The molecule has 2 atom stereocenters. The summed E-state index contributed by atoms with van der Waals surface area (Å²) in [5, 5.41) is 0.688. The molecule has 1 aliphatic rings. The highest BCUT2D eigenvalue weighted by Gasteiger charge is 2.27. The summed E-state index contributed by atoms with van der Waals surface area (Å²) in [7, 11) is 0. The lowest BCUT2D eigenvalue weighted by atomic mass is 9.96. The lowest BCUT2D eigenvalue weighted by Crippen LogP contribution is -2.19. The van der Waals surface area contributed by atoms with Gasteiger partial charge in [0, 0.05) is 23.4 Å². The van der Waals surface area contributed by atoms with Gasteiger partial charge in [-0.25, -0.2) is 0 Å². The molecule has 2 unspecified atom stereocenters. The van der Waals surface area contributed by atoms with Gasteiger partial charge in [-0.1, -0.05) is 23.7 Å². The fourth-order valence-electron chi connectivity index (χ4n) is 2.30. The molecule has 1 saturated carbocycles. The van der Waals surface area contributed by atoms with Crippen molar-refractivity contribution in [3.63, 3.8) is 0 Å². The van der Waals surface area contributed by atoms with Gasteiger partial charge in [0.15, 0.2) is 0 Å². The Morgan fingerprint density at radius 1 is 1.44 bits per heavy atom. The van der Waals surface area contributed by atoms with Crippen LogP contribution in [0.3, 0.4) is 0 Å². The van der Waals surface area contributed by atoms with E-state index in [-0.39, 0.29) is 12.0 Å². The smallest absolute Gasteiger partial charge is 0.140 e. The average molecular weight is 238 g/mol. The third-order valence-corrected chi connectivity index (χ3v) is 3.43. The monoisotopic (exact) mass is 237 g/mol. The van der Waals surface area contributed by atoms with Crippen molar-refractivity contribution in [3.05, 3.63) is 34.9 Å². The van der Waals surface area contributed by atoms with Crippen molar-refractivity contribution in [1.82, 2.24) is 0 Å². The van der Waals surface area contributed by atoms with Crippen LogP contribution in [0.2, 0.25) is 5.02 Å². The first-order valence-electron chi connectivity index (χ1n) is 5.68. The zero-order chi connectivity index (χ0) is 11.5. The molecular formula is C13H16ClNO. The maximum Gasteiger partial charge on any atom is 0.140 e. The zero-order valence-corrected chi connectivity index (χ0v) is 9.91. The van der Waals surface area contributed by atoms with E-state index in [1.54, 1.807) is 0 Å². The fraction of sp³-hybridized carbons (Fsp3) is 0.462. The molecule has 0 heterocycles. The van der Waals surface area contributed by atoms with Crippen LogP contribution in [-0.4, -0.2) is 11.8 Å². The topological polar surface area (TPSA) is 43.1 Å². The van der Waals surface area contributed by atoms with E-state index in [1.165, 1.54) is 0 Å². The van der Waals surface area contributed by atoms with Crippen molar-refractivity contribution in [2.24, 2.45) is 11.7 Å². The highest BCUT2D eigenvalue weighted by Crippen LogP contribution is 2.26. The summed E-state index contributed by atoms with van der Waals surface area (Å²) in [5.41, 5.74) is 6.81. The molecule has 0 aromatic heterocycles. The minimum absolute atomic E-state index is 0.161. The van der Waals surface area contributed by atoms with Crippen molar-refractivity contribution >= 4 is 17.4 Å². The molecule has 86 valence electrons. The molecule has 1 aromatic rings. The van der Waals surface area contributed by atoms with E-state index in [4.69, 9.17) is 17.3 Å². The average Bonchev–Trinajstić information content (AvgIpc) is 2.65. The maximum absolute atomic E-state index is 12.0. The first-order chi connectivity index (χ1) is 7.65. The van der Waals surface area contributed by atoms with Crippen LogP contribution in [0.4, 0.5) is 0 Å². The van der Waals surface area contributed by atoms with Crippen molar-refractivity contribution in [3.8, 4) is 0 Å². The van der Waals surface area contributed by atoms with Crippen molar-refractivity contribution in [2.45, 2.75) is 31.7 Å². The summed E-state index contributed by atoms with van der Waals surface area (Å²) in [6.45, 7) is 0. The Morgan fingerprint density at radius 2 is 2.25 bits per heavy atom. The Balaban J connectivity index is 1.97. The zero-order valence-electron chi connectivity index (χ0n) is 9.16.